The van der Waals surface area contributed by atoms with Gasteiger partial charge in [0.25, 0.3) is 0 Å². The van der Waals surface area contributed by atoms with Crippen LogP contribution < -0.4 is 10.1 Å². The van der Waals surface area contributed by atoms with Gasteiger partial charge in [0, 0.05) is 5.39 Å². The van der Waals surface area contributed by atoms with Crippen LogP contribution >= 0.6 is 0 Å². The summed E-state index contributed by atoms with van der Waals surface area (Å²) in [6.45, 7) is 11.0. The number of hydrogen-bond donors (Lipinski definition) is 2. The van der Waals surface area contributed by atoms with E-state index in [4.69, 9.17) is 18.9 Å². The first-order valence-electron chi connectivity index (χ1n) is 6.69. The Kier molecular flexibility index (Phi) is 3.75. The normalized spacial score (nSPS) is 12.8. The van der Waals surface area contributed by atoms with Gasteiger partial charge in [0.2, 0.25) is 8.32 Å². The van der Waals surface area contributed by atoms with Crippen LogP contribution in [-0.4, -0.2) is 25.5 Å². The lowest BCUT2D eigenvalue weighted by molar-refractivity contribution is 0.412. The minimum Gasteiger partial charge on any atom is -0.543 e. The number of rotatable bonds is 3. The van der Waals surface area contributed by atoms with Crippen LogP contribution in [0.15, 0.2) is 28.7 Å². The van der Waals surface area contributed by atoms with Gasteiger partial charge in [0.05, 0.1) is 0 Å². The predicted molar refractivity (Wildman–Crippen MR) is 83.9 cm³/mol. The molecule has 2 aromatic rings. The van der Waals surface area contributed by atoms with Crippen LogP contribution in [0.5, 0.6) is 5.75 Å². The van der Waals surface area contributed by atoms with Crippen molar-refractivity contribution in [1.29, 1.82) is 0 Å². The molecule has 6 heteroatoms. The first kappa shape index (κ1) is 15.2. The van der Waals surface area contributed by atoms with E-state index >= 15 is 0 Å². The van der Waals surface area contributed by atoms with Crippen molar-refractivity contribution in [3.63, 3.8) is 0 Å². The van der Waals surface area contributed by atoms with Crippen LogP contribution in [0.3, 0.4) is 0 Å². The van der Waals surface area contributed by atoms with Crippen molar-refractivity contribution in [2.24, 2.45) is 0 Å². The van der Waals surface area contributed by atoms with E-state index in [1.165, 1.54) is 0 Å². The van der Waals surface area contributed by atoms with Crippen LogP contribution in [0.2, 0.25) is 18.1 Å². The molecule has 2 N–H and O–H groups in total. The SMILES string of the molecule is CC(C)(C)[Si](C)(C)Oc1ccc2oc(B(O)O)cc2c1. The summed E-state index contributed by atoms with van der Waals surface area (Å²) < 4.78 is 11.6. The lowest BCUT2D eigenvalue weighted by atomic mass is 9.88. The molecule has 20 heavy (non-hydrogen) atoms. The highest BCUT2D eigenvalue weighted by atomic mass is 28.4. The van der Waals surface area contributed by atoms with Crippen LogP contribution in [0.25, 0.3) is 11.0 Å². The van der Waals surface area contributed by atoms with Gasteiger partial charge in [-0.25, -0.2) is 0 Å². The van der Waals surface area contributed by atoms with Gasteiger partial charge in [-0.3, -0.25) is 0 Å². The topological polar surface area (TPSA) is 62.8 Å². The lowest BCUT2D eigenvalue weighted by Gasteiger charge is -2.36. The third-order valence-electron chi connectivity index (χ3n) is 3.94. The van der Waals surface area contributed by atoms with Crippen LogP contribution in [0.1, 0.15) is 20.8 Å². The van der Waals surface area contributed by atoms with Crippen molar-refractivity contribution in [1.82, 2.24) is 0 Å². The Labute approximate surface area is 120 Å². The maximum Gasteiger partial charge on any atom is 0.526 e. The minimum atomic E-state index is -1.88. The highest BCUT2D eigenvalue weighted by Crippen LogP contribution is 2.37. The maximum absolute atomic E-state index is 9.12. The molecular weight excluding hydrogens is 271 g/mol. The lowest BCUT2D eigenvalue weighted by Crippen LogP contribution is -2.43. The van der Waals surface area contributed by atoms with E-state index in [0.717, 1.165) is 11.1 Å². The monoisotopic (exact) mass is 292 g/mol. The van der Waals surface area contributed by atoms with Crippen molar-refractivity contribution < 1.29 is 18.9 Å². The summed E-state index contributed by atoms with van der Waals surface area (Å²) in [7, 11) is -3.47. The number of benzene rings is 1. The molecule has 0 atom stereocenters. The Bertz CT molecular complexity index is 613. The van der Waals surface area contributed by atoms with E-state index < -0.39 is 15.4 Å². The molecule has 0 fully saturated rings. The predicted octanol–water partition coefficient (Wildman–Crippen LogP) is 2.50. The van der Waals surface area contributed by atoms with Crippen molar-refractivity contribution in [2.75, 3.05) is 0 Å². The maximum atomic E-state index is 9.12. The first-order valence-corrected chi connectivity index (χ1v) is 9.60. The average molecular weight is 292 g/mol. The summed E-state index contributed by atoms with van der Waals surface area (Å²) in [4.78, 5) is 0. The Morgan fingerprint density at radius 2 is 1.80 bits per heavy atom. The van der Waals surface area contributed by atoms with Gasteiger partial charge in [-0.1, -0.05) is 20.8 Å². The zero-order valence-corrected chi connectivity index (χ0v) is 13.6. The largest absolute Gasteiger partial charge is 0.543 e. The molecule has 0 aliphatic heterocycles. The highest BCUT2D eigenvalue weighted by molar-refractivity contribution is 6.74. The van der Waals surface area contributed by atoms with Gasteiger partial charge >= 0.3 is 7.12 Å². The number of hydrogen-bond acceptors (Lipinski definition) is 4. The Morgan fingerprint density at radius 1 is 1.15 bits per heavy atom. The van der Waals surface area contributed by atoms with Gasteiger partial charge in [-0.15, -0.1) is 0 Å². The van der Waals surface area contributed by atoms with E-state index in [2.05, 4.69) is 33.9 Å². The molecule has 2 rings (SSSR count). The molecule has 1 aromatic heterocycles. The van der Waals surface area contributed by atoms with E-state index in [1.54, 1.807) is 12.1 Å². The summed E-state index contributed by atoms with van der Waals surface area (Å²) in [5.74, 6) is 0.795. The van der Waals surface area contributed by atoms with Crippen LogP contribution in [-0.2, 0) is 0 Å². The molecule has 0 spiro atoms. The molecule has 1 heterocycles. The van der Waals surface area contributed by atoms with E-state index in [-0.39, 0.29) is 10.7 Å². The molecule has 0 radical (unpaired) electrons. The van der Waals surface area contributed by atoms with Gasteiger partial charge in [0.15, 0.2) is 0 Å². The Morgan fingerprint density at radius 3 is 2.35 bits per heavy atom. The van der Waals surface area contributed by atoms with Crippen molar-refractivity contribution in [2.45, 2.75) is 38.9 Å². The number of furan rings is 1. The third kappa shape index (κ3) is 2.92. The highest BCUT2D eigenvalue weighted by Gasteiger charge is 2.39. The average Bonchev–Trinajstić information content (AvgIpc) is 2.69. The second-order valence-corrected chi connectivity index (χ2v) is 11.3. The van der Waals surface area contributed by atoms with Gasteiger partial charge in [-0.2, -0.15) is 0 Å². The van der Waals surface area contributed by atoms with Gasteiger partial charge < -0.3 is 18.9 Å². The minimum absolute atomic E-state index is 0.130. The molecule has 0 saturated carbocycles. The van der Waals surface area contributed by atoms with Gasteiger partial charge in [0.1, 0.15) is 17.0 Å². The molecule has 0 aliphatic carbocycles. The molecule has 0 aliphatic rings. The van der Waals surface area contributed by atoms with E-state index in [0.29, 0.717) is 5.58 Å². The first-order chi connectivity index (χ1) is 9.10. The molecule has 1 aromatic carbocycles. The number of fused-ring (bicyclic) bond motifs is 1. The third-order valence-corrected chi connectivity index (χ3v) is 8.30. The summed E-state index contributed by atoms with van der Waals surface area (Å²) in [5, 5.41) is 19.2. The molecule has 0 bridgehead atoms. The second-order valence-electron chi connectivity index (χ2n) is 6.58. The van der Waals surface area contributed by atoms with Crippen LogP contribution in [0.4, 0.5) is 0 Å². The zero-order chi connectivity index (χ0) is 15.1. The van der Waals surface area contributed by atoms with E-state index in [9.17, 15) is 0 Å². The smallest absolute Gasteiger partial charge is 0.526 e. The standard InChI is InChI=1S/C14H21BO4Si/c1-14(2,3)20(4,5)19-11-6-7-12-10(8-11)9-13(18-12)15(16)17/h6-9,16-17H,1-5H3. The molecule has 0 unspecified atom stereocenters. The summed E-state index contributed by atoms with van der Waals surface area (Å²) in [6.07, 6.45) is 0. The summed E-state index contributed by atoms with van der Waals surface area (Å²) >= 11 is 0. The van der Waals surface area contributed by atoms with E-state index in [1.807, 2.05) is 12.1 Å². The fraction of sp³-hybridized carbons (Fsp3) is 0.429. The quantitative estimate of drug-likeness (QED) is 0.853. The molecule has 0 saturated heterocycles. The van der Waals surface area contributed by atoms with Crippen molar-refractivity contribution >= 4 is 32.1 Å². The van der Waals surface area contributed by atoms with Crippen molar-refractivity contribution in [3.8, 4) is 5.75 Å². The Balaban J connectivity index is 2.33. The molecule has 108 valence electrons. The Hall–Kier alpha value is -1.24. The van der Waals surface area contributed by atoms with Gasteiger partial charge in [-0.05, 0) is 42.4 Å². The fourth-order valence-corrected chi connectivity index (χ4v) is 2.70. The van der Waals surface area contributed by atoms with Crippen LogP contribution in [0, 0.1) is 0 Å². The summed E-state index contributed by atoms with van der Waals surface area (Å²) in [5.41, 5.74) is 0.764. The molecule has 0 amide bonds. The molecule has 4 nitrogen and oxygen atoms in total. The summed E-state index contributed by atoms with van der Waals surface area (Å²) in [6, 6.07) is 7.16. The second kappa shape index (κ2) is 4.95. The molecular formula is C14H21BO4Si. The fourth-order valence-electron chi connectivity index (χ4n) is 1.68. The zero-order valence-electron chi connectivity index (χ0n) is 12.6. The van der Waals surface area contributed by atoms with Crippen molar-refractivity contribution in [3.05, 3.63) is 24.3 Å².